The maximum absolute atomic E-state index is 3.98. The maximum atomic E-state index is 3.98. The number of nitrogens with zero attached hydrogens (tertiary/aromatic N) is 4. The van der Waals surface area contributed by atoms with Crippen molar-refractivity contribution in [2.45, 2.75) is 26.9 Å². The molecule has 0 radical (unpaired) electrons. The molecule has 4 heteroatoms. The summed E-state index contributed by atoms with van der Waals surface area (Å²) >= 11 is 0. The first-order chi connectivity index (χ1) is 5.86. The Morgan fingerprint density at radius 3 is 2.83 bits per heavy atom. The van der Waals surface area contributed by atoms with E-state index in [1.54, 1.807) is 6.33 Å². The highest BCUT2D eigenvalue weighted by molar-refractivity contribution is 4.88. The van der Waals surface area contributed by atoms with Crippen LogP contribution < -0.4 is 0 Å². The van der Waals surface area contributed by atoms with Crippen LogP contribution in [0.4, 0.5) is 0 Å². The van der Waals surface area contributed by atoms with E-state index in [0.29, 0.717) is 0 Å². The third kappa shape index (κ3) is 1.82. The largest absolute Gasteiger partial charge is 0.315 e. The minimum Gasteiger partial charge on any atom is -0.315 e. The monoisotopic (exact) mass is 168 g/mol. The first-order valence-corrected chi connectivity index (χ1v) is 4.41. The number of rotatable bonds is 0. The van der Waals surface area contributed by atoms with Crippen LogP contribution in [0.25, 0.3) is 0 Å². The van der Waals surface area contributed by atoms with Gasteiger partial charge in [-0.2, -0.15) is 0 Å². The van der Waals surface area contributed by atoms with Crippen LogP contribution in [-0.2, 0) is 13.1 Å². The Morgan fingerprint density at radius 2 is 2.08 bits per heavy atom. The molecule has 0 saturated heterocycles. The van der Waals surface area contributed by atoms with Crippen LogP contribution in [0, 0.1) is 0 Å². The molecule has 0 aliphatic carbocycles. The maximum Gasteiger partial charge on any atom is 0.147 e. The third-order valence-electron chi connectivity index (χ3n) is 1.83. The molecule has 12 heavy (non-hydrogen) atoms. The van der Waals surface area contributed by atoms with Crippen molar-refractivity contribution in [3.63, 3.8) is 0 Å². The fraction of sp³-hybridized carbons (Fsp3) is 0.750. The molecular formula is C8H16N4. The van der Waals surface area contributed by atoms with Crippen LogP contribution >= 0.6 is 0 Å². The van der Waals surface area contributed by atoms with Crippen molar-refractivity contribution in [2.75, 3.05) is 13.6 Å². The van der Waals surface area contributed by atoms with Gasteiger partial charge >= 0.3 is 0 Å². The summed E-state index contributed by atoms with van der Waals surface area (Å²) in [5.41, 5.74) is 0. The molecule has 0 bridgehead atoms. The van der Waals surface area contributed by atoms with Crippen molar-refractivity contribution in [2.24, 2.45) is 0 Å². The lowest BCUT2D eigenvalue weighted by molar-refractivity contribution is 0.264. The van der Waals surface area contributed by atoms with E-state index in [9.17, 15) is 0 Å². The van der Waals surface area contributed by atoms with Gasteiger partial charge in [-0.1, -0.05) is 13.8 Å². The van der Waals surface area contributed by atoms with E-state index in [2.05, 4.69) is 26.7 Å². The van der Waals surface area contributed by atoms with Crippen LogP contribution in [0.5, 0.6) is 0 Å². The predicted octanol–water partition coefficient (Wildman–Crippen LogP) is 0.750. The topological polar surface area (TPSA) is 34.0 Å². The second-order valence-electron chi connectivity index (χ2n) is 2.68. The Kier molecular flexibility index (Phi) is 3.22. The van der Waals surface area contributed by atoms with Crippen LogP contribution in [-0.4, -0.2) is 33.3 Å². The Hall–Kier alpha value is -0.900. The van der Waals surface area contributed by atoms with E-state index < -0.39 is 0 Å². The number of hydrogen-bond donors (Lipinski definition) is 0. The van der Waals surface area contributed by atoms with Gasteiger partial charge in [-0.25, -0.2) is 0 Å². The zero-order valence-corrected chi connectivity index (χ0v) is 7.99. The first kappa shape index (κ1) is 9.19. The van der Waals surface area contributed by atoms with Crippen molar-refractivity contribution in [1.82, 2.24) is 19.7 Å². The number of aromatic nitrogens is 3. The molecule has 2 heterocycles. The van der Waals surface area contributed by atoms with E-state index >= 15 is 0 Å². The zero-order chi connectivity index (χ0) is 8.97. The highest BCUT2D eigenvalue weighted by Crippen LogP contribution is 2.05. The van der Waals surface area contributed by atoms with Crippen LogP contribution in [0.3, 0.4) is 0 Å². The van der Waals surface area contributed by atoms with E-state index in [-0.39, 0.29) is 0 Å². The summed E-state index contributed by atoms with van der Waals surface area (Å²) in [4.78, 5) is 2.24. The Bertz CT molecular complexity index is 231. The summed E-state index contributed by atoms with van der Waals surface area (Å²) in [7, 11) is 2.10. The molecule has 1 aliphatic heterocycles. The average molecular weight is 168 g/mol. The van der Waals surface area contributed by atoms with Gasteiger partial charge < -0.3 is 4.57 Å². The standard InChI is InChI=1S/C6H10N4.C2H6/c1-9-2-3-10-5-7-8-6(10)4-9;1-2/h5H,2-4H2,1H3;1-2H3. The van der Waals surface area contributed by atoms with Gasteiger partial charge in [-0.05, 0) is 7.05 Å². The van der Waals surface area contributed by atoms with Crippen molar-refractivity contribution in [3.05, 3.63) is 12.2 Å². The minimum absolute atomic E-state index is 0.931. The van der Waals surface area contributed by atoms with Crippen molar-refractivity contribution >= 4 is 0 Å². The molecule has 0 aromatic carbocycles. The molecule has 0 fully saturated rings. The van der Waals surface area contributed by atoms with Gasteiger partial charge in [0.05, 0.1) is 6.54 Å². The molecule has 0 unspecified atom stereocenters. The SMILES string of the molecule is CC.CN1CCn2cnnc2C1. The molecule has 1 aromatic heterocycles. The highest BCUT2D eigenvalue weighted by Gasteiger charge is 2.12. The summed E-state index contributed by atoms with van der Waals surface area (Å²) in [5, 5.41) is 7.80. The molecule has 1 aromatic rings. The molecule has 0 spiro atoms. The van der Waals surface area contributed by atoms with Gasteiger partial charge in [-0.15, -0.1) is 10.2 Å². The van der Waals surface area contributed by atoms with Crippen LogP contribution in [0.2, 0.25) is 0 Å². The van der Waals surface area contributed by atoms with Crippen molar-refractivity contribution in [1.29, 1.82) is 0 Å². The highest BCUT2D eigenvalue weighted by atomic mass is 15.3. The Morgan fingerprint density at radius 1 is 1.33 bits per heavy atom. The second kappa shape index (κ2) is 4.21. The fourth-order valence-electron chi connectivity index (χ4n) is 1.19. The van der Waals surface area contributed by atoms with Crippen molar-refractivity contribution in [3.8, 4) is 0 Å². The molecule has 0 atom stereocenters. The molecule has 68 valence electrons. The number of hydrogen-bond acceptors (Lipinski definition) is 3. The summed E-state index contributed by atoms with van der Waals surface area (Å²) < 4.78 is 2.10. The zero-order valence-electron chi connectivity index (χ0n) is 7.99. The number of likely N-dealkylation sites (N-methyl/N-ethyl adjacent to an activating group) is 1. The molecule has 0 N–H and O–H groups in total. The van der Waals surface area contributed by atoms with Crippen LogP contribution in [0.15, 0.2) is 6.33 Å². The third-order valence-corrected chi connectivity index (χ3v) is 1.83. The van der Waals surface area contributed by atoms with Crippen molar-refractivity contribution < 1.29 is 0 Å². The quantitative estimate of drug-likeness (QED) is 0.573. The van der Waals surface area contributed by atoms with Gasteiger partial charge in [-0.3, -0.25) is 4.90 Å². The summed E-state index contributed by atoms with van der Waals surface area (Å²) in [6.45, 7) is 7.06. The molecular weight excluding hydrogens is 152 g/mol. The van der Waals surface area contributed by atoms with E-state index in [1.807, 2.05) is 13.8 Å². The van der Waals surface area contributed by atoms with Gasteiger partial charge in [0.2, 0.25) is 0 Å². The molecule has 0 saturated carbocycles. The van der Waals surface area contributed by atoms with Gasteiger partial charge in [0.25, 0.3) is 0 Å². The summed E-state index contributed by atoms with van der Waals surface area (Å²) in [5.74, 6) is 1.08. The molecule has 1 aliphatic rings. The first-order valence-electron chi connectivity index (χ1n) is 4.41. The number of fused-ring (bicyclic) bond motifs is 1. The molecule has 0 amide bonds. The van der Waals surface area contributed by atoms with E-state index in [4.69, 9.17) is 0 Å². The second-order valence-corrected chi connectivity index (χ2v) is 2.68. The summed E-state index contributed by atoms with van der Waals surface area (Å²) in [6.07, 6.45) is 1.79. The Labute approximate surface area is 73.2 Å². The predicted molar refractivity (Wildman–Crippen MR) is 47.7 cm³/mol. The normalized spacial score (nSPS) is 16.2. The molecule has 2 rings (SSSR count). The minimum atomic E-state index is 0.931. The molecule has 4 nitrogen and oxygen atoms in total. The van der Waals surface area contributed by atoms with Gasteiger partial charge in [0.1, 0.15) is 12.2 Å². The summed E-state index contributed by atoms with van der Waals surface area (Å²) in [6, 6.07) is 0. The Balaban J connectivity index is 0.000000336. The average Bonchev–Trinajstić information content (AvgIpc) is 2.54. The van der Waals surface area contributed by atoms with Crippen LogP contribution in [0.1, 0.15) is 19.7 Å². The lowest BCUT2D eigenvalue weighted by Crippen LogP contribution is -2.30. The van der Waals surface area contributed by atoms with Gasteiger partial charge in [0.15, 0.2) is 0 Å². The lowest BCUT2D eigenvalue weighted by atomic mass is 10.4. The lowest BCUT2D eigenvalue weighted by Gasteiger charge is -2.21. The smallest absolute Gasteiger partial charge is 0.147 e. The van der Waals surface area contributed by atoms with E-state index in [0.717, 1.165) is 25.5 Å². The van der Waals surface area contributed by atoms with E-state index in [1.165, 1.54) is 0 Å². The van der Waals surface area contributed by atoms with Gasteiger partial charge in [0, 0.05) is 13.1 Å². The fourth-order valence-corrected chi connectivity index (χ4v) is 1.19.